The lowest BCUT2D eigenvalue weighted by Gasteiger charge is -2.31. The molecule has 1 aliphatic rings. The summed E-state index contributed by atoms with van der Waals surface area (Å²) >= 11 is 1.65. The van der Waals surface area contributed by atoms with Crippen LogP contribution in [0.3, 0.4) is 0 Å². The van der Waals surface area contributed by atoms with Crippen molar-refractivity contribution < 1.29 is 14.2 Å². The zero-order valence-corrected chi connectivity index (χ0v) is 20.4. The van der Waals surface area contributed by atoms with Crippen molar-refractivity contribution in [2.45, 2.75) is 37.4 Å². The van der Waals surface area contributed by atoms with Gasteiger partial charge in [-0.1, -0.05) is 18.2 Å². The summed E-state index contributed by atoms with van der Waals surface area (Å²) in [6.45, 7) is 5.02. The quantitative estimate of drug-likeness (QED) is 0.306. The fourth-order valence-corrected chi connectivity index (χ4v) is 4.83. The van der Waals surface area contributed by atoms with Crippen LogP contribution in [-0.4, -0.2) is 59.3 Å². The van der Waals surface area contributed by atoms with Crippen molar-refractivity contribution in [1.29, 1.82) is 0 Å². The Kier molecular flexibility index (Phi) is 8.12. The van der Waals surface area contributed by atoms with Crippen molar-refractivity contribution in [3.05, 3.63) is 54.4 Å². The van der Waals surface area contributed by atoms with Gasteiger partial charge in [-0.05, 0) is 81.4 Å². The molecule has 4 rings (SSSR count). The summed E-state index contributed by atoms with van der Waals surface area (Å²) in [7, 11) is 3.34. The Morgan fingerprint density at radius 3 is 2.09 bits per heavy atom. The summed E-state index contributed by atoms with van der Waals surface area (Å²) in [5.41, 5.74) is 1.04. The van der Waals surface area contributed by atoms with Crippen molar-refractivity contribution >= 4 is 11.8 Å². The highest BCUT2D eigenvalue weighted by atomic mass is 32.2. The van der Waals surface area contributed by atoms with Gasteiger partial charge in [0.15, 0.2) is 11.0 Å². The molecule has 1 atom stereocenters. The van der Waals surface area contributed by atoms with Crippen LogP contribution in [0, 0.1) is 0 Å². The highest BCUT2D eigenvalue weighted by Gasteiger charge is 2.25. The van der Waals surface area contributed by atoms with Crippen molar-refractivity contribution in [2.75, 3.05) is 39.7 Å². The minimum atomic E-state index is 0.199. The molecular weight excluding hydrogens is 436 g/mol. The smallest absolute Gasteiger partial charge is 0.196 e. The van der Waals surface area contributed by atoms with Gasteiger partial charge in [0.25, 0.3) is 0 Å². The maximum absolute atomic E-state index is 5.89. The molecule has 0 amide bonds. The first-order valence-electron chi connectivity index (χ1n) is 11.4. The van der Waals surface area contributed by atoms with Crippen LogP contribution in [0.5, 0.6) is 17.2 Å². The molecule has 8 heteroatoms. The van der Waals surface area contributed by atoms with Crippen molar-refractivity contribution in [1.82, 2.24) is 19.7 Å². The lowest BCUT2D eigenvalue weighted by molar-refractivity contribution is 0.167. The number of benzene rings is 2. The van der Waals surface area contributed by atoms with Gasteiger partial charge in [-0.2, -0.15) is 0 Å². The molecule has 7 nitrogen and oxygen atoms in total. The van der Waals surface area contributed by atoms with Crippen LogP contribution < -0.4 is 14.2 Å². The first-order chi connectivity index (χ1) is 16.2. The molecule has 0 bridgehead atoms. The first kappa shape index (κ1) is 23.4. The number of aromatic nitrogens is 3. The molecule has 176 valence electrons. The standard InChI is InChI=1S/C25H32N4O3S/c1-19(28-15-5-4-6-16-28)24-26-27-25(29(24)20-7-9-21(30-2)10-8-20)33-18-17-32-23-13-11-22(31-3)12-14-23/h7-14,19H,4-6,15-18H2,1-3H3/t19-/m0/s1. The van der Waals surface area contributed by atoms with Crippen LogP contribution in [0.15, 0.2) is 53.7 Å². The molecular formula is C25H32N4O3S. The molecule has 0 spiro atoms. The third-order valence-electron chi connectivity index (χ3n) is 5.94. The summed E-state index contributed by atoms with van der Waals surface area (Å²) in [4.78, 5) is 2.51. The molecule has 0 saturated carbocycles. The number of piperidine rings is 1. The topological polar surface area (TPSA) is 61.6 Å². The zero-order valence-electron chi connectivity index (χ0n) is 19.6. The molecule has 1 aromatic heterocycles. The monoisotopic (exact) mass is 468 g/mol. The van der Waals surface area contributed by atoms with Gasteiger partial charge >= 0.3 is 0 Å². The van der Waals surface area contributed by atoms with Crippen molar-refractivity contribution in [3.8, 4) is 22.9 Å². The highest BCUT2D eigenvalue weighted by molar-refractivity contribution is 7.99. The van der Waals surface area contributed by atoms with E-state index in [1.807, 2.05) is 36.4 Å². The van der Waals surface area contributed by atoms with E-state index in [0.717, 1.165) is 52.8 Å². The highest BCUT2D eigenvalue weighted by Crippen LogP contribution is 2.30. The Morgan fingerprint density at radius 2 is 1.45 bits per heavy atom. The summed E-state index contributed by atoms with van der Waals surface area (Å²) in [5.74, 6) is 4.21. The predicted molar refractivity (Wildman–Crippen MR) is 131 cm³/mol. The summed E-state index contributed by atoms with van der Waals surface area (Å²) in [6, 6.07) is 15.9. The second-order valence-corrected chi connectivity index (χ2v) is 9.08. The van der Waals surface area contributed by atoms with Crippen LogP contribution in [-0.2, 0) is 0 Å². The van der Waals surface area contributed by atoms with E-state index in [2.05, 4.69) is 38.7 Å². The van der Waals surface area contributed by atoms with Gasteiger partial charge in [0, 0.05) is 11.4 Å². The van der Waals surface area contributed by atoms with Gasteiger partial charge in [-0.3, -0.25) is 9.47 Å². The fraction of sp³-hybridized carbons (Fsp3) is 0.440. The second-order valence-electron chi connectivity index (χ2n) is 8.02. The van der Waals surface area contributed by atoms with Crippen LogP contribution in [0.25, 0.3) is 5.69 Å². The maximum atomic E-state index is 5.89. The van der Waals surface area contributed by atoms with Gasteiger partial charge in [0.2, 0.25) is 0 Å². The van der Waals surface area contributed by atoms with Gasteiger partial charge < -0.3 is 14.2 Å². The van der Waals surface area contributed by atoms with Crippen molar-refractivity contribution in [3.63, 3.8) is 0 Å². The van der Waals surface area contributed by atoms with Gasteiger partial charge in [0.1, 0.15) is 17.2 Å². The average molecular weight is 469 g/mol. The molecule has 2 aromatic carbocycles. The second kappa shape index (κ2) is 11.4. The van der Waals surface area contributed by atoms with E-state index in [9.17, 15) is 0 Å². The Morgan fingerprint density at radius 1 is 0.848 bits per heavy atom. The van der Waals surface area contributed by atoms with Gasteiger partial charge in [0.05, 0.1) is 26.9 Å². The van der Waals surface area contributed by atoms with E-state index in [1.165, 1.54) is 19.3 Å². The van der Waals surface area contributed by atoms with Gasteiger partial charge in [-0.15, -0.1) is 10.2 Å². The maximum Gasteiger partial charge on any atom is 0.196 e. The molecule has 33 heavy (non-hydrogen) atoms. The Labute approximate surface area is 200 Å². The van der Waals surface area contributed by atoms with E-state index < -0.39 is 0 Å². The average Bonchev–Trinajstić information content (AvgIpc) is 3.31. The predicted octanol–water partition coefficient (Wildman–Crippen LogP) is 5.00. The van der Waals surface area contributed by atoms with E-state index in [-0.39, 0.29) is 6.04 Å². The van der Waals surface area contributed by atoms with E-state index in [0.29, 0.717) is 6.61 Å². The lowest BCUT2D eigenvalue weighted by atomic mass is 10.1. The number of ether oxygens (including phenoxy) is 3. The number of rotatable bonds is 10. The number of hydrogen-bond donors (Lipinski definition) is 0. The van der Waals surface area contributed by atoms with Crippen molar-refractivity contribution in [2.24, 2.45) is 0 Å². The van der Waals surface area contributed by atoms with Crippen LogP contribution in [0.2, 0.25) is 0 Å². The molecule has 0 N–H and O–H groups in total. The number of thioether (sulfide) groups is 1. The third-order valence-corrected chi connectivity index (χ3v) is 6.84. The lowest BCUT2D eigenvalue weighted by Crippen LogP contribution is -2.33. The summed E-state index contributed by atoms with van der Waals surface area (Å²) in [5, 5.41) is 10.1. The van der Waals surface area contributed by atoms with Crippen LogP contribution in [0.4, 0.5) is 0 Å². The normalized spacial score (nSPS) is 15.2. The SMILES string of the molecule is COc1ccc(OCCSc2nnc([C@H](C)N3CCCCC3)n2-c2ccc(OC)cc2)cc1. The molecule has 1 saturated heterocycles. The largest absolute Gasteiger partial charge is 0.497 e. The van der Waals surface area contributed by atoms with E-state index >= 15 is 0 Å². The Bertz CT molecular complexity index is 1000. The Balaban J connectivity index is 1.49. The summed E-state index contributed by atoms with van der Waals surface area (Å²) in [6.07, 6.45) is 3.79. The van der Waals surface area contributed by atoms with Crippen LogP contribution >= 0.6 is 11.8 Å². The summed E-state index contributed by atoms with van der Waals surface area (Å²) < 4.78 is 18.6. The molecule has 1 aliphatic heterocycles. The van der Waals surface area contributed by atoms with E-state index in [1.54, 1.807) is 26.0 Å². The molecule has 0 unspecified atom stereocenters. The first-order valence-corrected chi connectivity index (χ1v) is 12.4. The van der Waals surface area contributed by atoms with E-state index in [4.69, 9.17) is 14.2 Å². The van der Waals surface area contributed by atoms with Crippen LogP contribution in [0.1, 0.15) is 38.1 Å². The number of likely N-dealkylation sites (tertiary alicyclic amines) is 1. The Hall–Kier alpha value is -2.71. The number of nitrogens with zero attached hydrogens (tertiary/aromatic N) is 4. The molecule has 2 heterocycles. The molecule has 1 fully saturated rings. The molecule has 3 aromatic rings. The number of hydrogen-bond acceptors (Lipinski definition) is 7. The molecule has 0 aliphatic carbocycles. The zero-order chi connectivity index (χ0) is 23.0. The fourth-order valence-electron chi connectivity index (χ4n) is 4.05. The molecule has 0 radical (unpaired) electrons. The minimum Gasteiger partial charge on any atom is -0.497 e. The minimum absolute atomic E-state index is 0.199. The van der Waals surface area contributed by atoms with Gasteiger partial charge in [-0.25, -0.2) is 0 Å². The third kappa shape index (κ3) is 5.81. The number of methoxy groups -OCH3 is 2.